The van der Waals surface area contributed by atoms with E-state index in [0.717, 1.165) is 0 Å². The maximum absolute atomic E-state index is 12.4. The summed E-state index contributed by atoms with van der Waals surface area (Å²) in [6.45, 7) is 4.58. The monoisotopic (exact) mass is 228 g/mol. The summed E-state index contributed by atoms with van der Waals surface area (Å²) in [5.41, 5.74) is 5.07. The highest BCUT2D eigenvalue weighted by molar-refractivity contribution is 7.80. The van der Waals surface area contributed by atoms with E-state index in [4.69, 9.17) is 5.73 Å². The van der Waals surface area contributed by atoms with Gasteiger partial charge in [0.1, 0.15) is 5.92 Å². The molecule has 0 spiro atoms. The molecule has 0 saturated heterocycles. The Morgan fingerprint density at radius 2 is 1.79 bits per heavy atom. The Kier molecular flexibility index (Phi) is 5.36. The number of halogens is 3. The molecule has 0 aliphatic heterocycles. The molecule has 1 atom stereocenters. The normalized spacial score (nSPS) is 14.4. The van der Waals surface area contributed by atoms with Gasteiger partial charge in [0.25, 0.3) is 0 Å². The minimum Gasteiger partial charge on any atom is -0.393 e. The van der Waals surface area contributed by atoms with Gasteiger partial charge in [-0.25, -0.2) is 0 Å². The Morgan fingerprint density at radius 1 is 1.36 bits per heavy atom. The maximum Gasteiger partial charge on any atom is 0.399 e. The number of nitrogens with two attached hydrogens (primary N) is 1. The van der Waals surface area contributed by atoms with Crippen LogP contribution in [0.3, 0.4) is 0 Å². The summed E-state index contributed by atoms with van der Waals surface area (Å²) in [6, 6.07) is 0. The molecule has 0 aromatic carbocycles. The van der Waals surface area contributed by atoms with Gasteiger partial charge in [0.2, 0.25) is 0 Å². The highest BCUT2D eigenvalue weighted by Gasteiger charge is 2.42. The summed E-state index contributed by atoms with van der Waals surface area (Å²) in [5.74, 6) is -1.70. The van der Waals surface area contributed by atoms with Gasteiger partial charge in [-0.2, -0.15) is 13.2 Å². The minimum absolute atomic E-state index is 0.147. The van der Waals surface area contributed by atoms with Crippen LogP contribution in [0.4, 0.5) is 13.2 Å². The van der Waals surface area contributed by atoms with E-state index in [1.54, 1.807) is 18.7 Å². The van der Waals surface area contributed by atoms with Gasteiger partial charge < -0.3 is 10.6 Å². The number of rotatable bonds is 5. The van der Waals surface area contributed by atoms with E-state index in [1.807, 2.05) is 0 Å². The molecule has 0 fully saturated rings. The fourth-order valence-corrected chi connectivity index (χ4v) is 1.30. The van der Waals surface area contributed by atoms with Gasteiger partial charge in [0.05, 0.1) is 4.99 Å². The Bertz CT molecular complexity index is 190. The van der Waals surface area contributed by atoms with Crippen LogP contribution in [0.25, 0.3) is 0 Å². The van der Waals surface area contributed by atoms with Crippen molar-refractivity contribution >= 4 is 17.2 Å². The first-order valence-corrected chi connectivity index (χ1v) is 4.82. The molecule has 1 unspecified atom stereocenters. The SMILES string of the molecule is CCN(CC)CC(C(N)=S)C(F)(F)F. The van der Waals surface area contributed by atoms with Gasteiger partial charge in [0.15, 0.2) is 0 Å². The Morgan fingerprint density at radius 3 is 2.00 bits per heavy atom. The van der Waals surface area contributed by atoms with Crippen molar-refractivity contribution in [1.82, 2.24) is 4.90 Å². The average Bonchev–Trinajstić information content (AvgIpc) is 2.03. The summed E-state index contributed by atoms with van der Waals surface area (Å²) in [7, 11) is 0. The van der Waals surface area contributed by atoms with E-state index in [9.17, 15) is 13.2 Å². The summed E-state index contributed by atoms with van der Waals surface area (Å²) < 4.78 is 37.2. The van der Waals surface area contributed by atoms with Crippen LogP contribution in [0.5, 0.6) is 0 Å². The molecule has 0 rings (SSSR count). The van der Waals surface area contributed by atoms with E-state index in [1.165, 1.54) is 0 Å². The predicted molar refractivity (Wildman–Crippen MR) is 54.1 cm³/mol. The van der Waals surface area contributed by atoms with E-state index < -0.39 is 17.1 Å². The molecule has 0 radical (unpaired) electrons. The van der Waals surface area contributed by atoms with Crippen molar-refractivity contribution < 1.29 is 13.2 Å². The maximum atomic E-state index is 12.4. The molecule has 0 aliphatic carbocycles. The molecular formula is C8H15F3N2S. The molecule has 0 aromatic rings. The highest BCUT2D eigenvalue weighted by atomic mass is 32.1. The summed E-state index contributed by atoms with van der Waals surface area (Å²) in [4.78, 5) is 1.17. The molecule has 84 valence electrons. The van der Waals surface area contributed by atoms with Crippen LogP contribution in [-0.4, -0.2) is 35.7 Å². The number of thiocarbonyl (C=S) groups is 1. The molecular weight excluding hydrogens is 213 g/mol. The van der Waals surface area contributed by atoms with Crippen LogP contribution in [0.2, 0.25) is 0 Å². The fourth-order valence-electron chi connectivity index (χ4n) is 1.09. The number of nitrogens with zero attached hydrogens (tertiary/aromatic N) is 1. The highest BCUT2D eigenvalue weighted by Crippen LogP contribution is 2.27. The van der Waals surface area contributed by atoms with Gasteiger partial charge in [-0.3, -0.25) is 0 Å². The largest absolute Gasteiger partial charge is 0.399 e. The van der Waals surface area contributed by atoms with Crippen molar-refractivity contribution in [1.29, 1.82) is 0 Å². The van der Waals surface area contributed by atoms with Crippen LogP contribution in [-0.2, 0) is 0 Å². The number of hydrogen-bond donors (Lipinski definition) is 1. The zero-order valence-electron chi connectivity index (χ0n) is 8.27. The van der Waals surface area contributed by atoms with Gasteiger partial charge in [0, 0.05) is 6.54 Å². The summed E-state index contributed by atoms with van der Waals surface area (Å²) in [5, 5.41) is 0. The third-order valence-electron chi connectivity index (χ3n) is 2.07. The molecule has 2 N–H and O–H groups in total. The number of alkyl halides is 3. The predicted octanol–water partition coefficient (Wildman–Crippen LogP) is 1.79. The van der Waals surface area contributed by atoms with E-state index in [0.29, 0.717) is 13.1 Å². The lowest BCUT2D eigenvalue weighted by molar-refractivity contribution is -0.159. The minimum atomic E-state index is -4.34. The third kappa shape index (κ3) is 4.23. The second kappa shape index (κ2) is 5.50. The van der Waals surface area contributed by atoms with Crippen molar-refractivity contribution in [3.63, 3.8) is 0 Å². The van der Waals surface area contributed by atoms with Crippen LogP contribution in [0.1, 0.15) is 13.8 Å². The molecule has 2 nitrogen and oxygen atoms in total. The quantitative estimate of drug-likeness (QED) is 0.727. The van der Waals surface area contributed by atoms with Gasteiger partial charge in [-0.05, 0) is 13.1 Å². The summed E-state index contributed by atoms with van der Waals surface area (Å²) >= 11 is 4.41. The Hall–Kier alpha value is -0.360. The molecule has 14 heavy (non-hydrogen) atoms. The Labute approximate surface area is 87.2 Å². The lowest BCUT2D eigenvalue weighted by Crippen LogP contribution is -2.43. The van der Waals surface area contributed by atoms with Crippen LogP contribution in [0.15, 0.2) is 0 Å². The third-order valence-corrected chi connectivity index (χ3v) is 2.36. The molecule has 0 aromatic heterocycles. The summed E-state index contributed by atoms with van der Waals surface area (Å²) in [6.07, 6.45) is -4.34. The molecule has 6 heteroatoms. The van der Waals surface area contributed by atoms with Crippen molar-refractivity contribution in [2.45, 2.75) is 20.0 Å². The van der Waals surface area contributed by atoms with Gasteiger partial charge in [-0.1, -0.05) is 26.1 Å². The first kappa shape index (κ1) is 13.6. The van der Waals surface area contributed by atoms with Crippen LogP contribution in [0, 0.1) is 5.92 Å². The molecule has 0 aliphatic rings. The fraction of sp³-hybridized carbons (Fsp3) is 0.875. The molecule has 0 saturated carbocycles. The lowest BCUT2D eigenvalue weighted by atomic mass is 10.1. The first-order valence-electron chi connectivity index (χ1n) is 4.41. The topological polar surface area (TPSA) is 29.3 Å². The van der Waals surface area contributed by atoms with E-state index in [-0.39, 0.29) is 6.54 Å². The molecule has 0 bridgehead atoms. The first-order chi connectivity index (χ1) is 6.32. The van der Waals surface area contributed by atoms with Crippen molar-refractivity contribution in [3.05, 3.63) is 0 Å². The second-order valence-corrected chi connectivity index (χ2v) is 3.45. The van der Waals surface area contributed by atoms with Crippen LogP contribution < -0.4 is 5.73 Å². The van der Waals surface area contributed by atoms with Gasteiger partial charge >= 0.3 is 6.18 Å². The van der Waals surface area contributed by atoms with E-state index in [2.05, 4.69) is 12.2 Å². The molecule has 0 amide bonds. The van der Waals surface area contributed by atoms with Crippen LogP contribution >= 0.6 is 12.2 Å². The van der Waals surface area contributed by atoms with Crippen molar-refractivity contribution in [2.75, 3.05) is 19.6 Å². The second-order valence-electron chi connectivity index (χ2n) is 2.98. The smallest absolute Gasteiger partial charge is 0.393 e. The molecule has 0 heterocycles. The zero-order valence-corrected chi connectivity index (χ0v) is 9.08. The van der Waals surface area contributed by atoms with Gasteiger partial charge in [-0.15, -0.1) is 0 Å². The standard InChI is InChI=1S/C8H15F3N2S/c1-3-13(4-2)5-6(7(12)14)8(9,10)11/h6H,3-5H2,1-2H3,(H2,12,14). The number of hydrogen-bond acceptors (Lipinski definition) is 2. The lowest BCUT2D eigenvalue weighted by Gasteiger charge is -2.26. The zero-order chi connectivity index (χ0) is 11.4. The average molecular weight is 228 g/mol. The Balaban J connectivity index is 4.45. The van der Waals surface area contributed by atoms with Crippen molar-refractivity contribution in [3.8, 4) is 0 Å². The van der Waals surface area contributed by atoms with Crippen molar-refractivity contribution in [2.24, 2.45) is 11.7 Å². The van der Waals surface area contributed by atoms with E-state index >= 15 is 0 Å².